The summed E-state index contributed by atoms with van der Waals surface area (Å²) in [7, 11) is -1.12. The Labute approximate surface area is 97.4 Å². The SMILES string of the molecule is CC[Si@@H](c1ccccc1)c1ccc(F)cc1. The van der Waals surface area contributed by atoms with E-state index >= 15 is 0 Å². The molecule has 1 atom stereocenters. The molecular formula is C14H15FSi. The van der Waals surface area contributed by atoms with Crippen molar-refractivity contribution in [2.45, 2.75) is 13.0 Å². The molecule has 2 heteroatoms. The van der Waals surface area contributed by atoms with Gasteiger partial charge in [0.15, 0.2) is 0 Å². The number of hydrogen-bond donors (Lipinski definition) is 0. The summed E-state index contributed by atoms with van der Waals surface area (Å²) in [5, 5.41) is 2.74. The predicted molar refractivity (Wildman–Crippen MR) is 69.7 cm³/mol. The maximum absolute atomic E-state index is 12.9. The predicted octanol–water partition coefficient (Wildman–Crippen LogP) is 2.19. The van der Waals surface area contributed by atoms with Crippen LogP contribution in [0.3, 0.4) is 0 Å². The number of rotatable bonds is 3. The Morgan fingerprint density at radius 3 is 2.00 bits per heavy atom. The van der Waals surface area contributed by atoms with E-state index in [9.17, 15) is 4.39 Å². The van der Waals surface area contributed by atoms with E-state index in [-0.39, 0.29) is 5.82 Å². The Morgan fingerprint density at radius 1 is 0.875 bits per heavy atom. The molecule has 2 aromatic rings. The molecule has 0 bridgehead atoms. The average Bonchev–Trinajstić information content (AvgIpc) is 2.34. The van der Waals surface area contributed by atoms with Crippen LogP contribution in [0.1, 0.15) is 6.92 Å². The fourth-order valence-electron chi connectivity index (χ4n) is 2.04. The Morgan fingerprint density at radius 2 is 1.44 bits per heavy atom. The zero-order valence-corrected chi connectivity index (χ0v) is 10.5. The third-order valence-electron chi connectivity index (χ3n) is 2.88. The monoisotopic (exact) mass is 230 g/mol. The second kappa shape index (κ2) is 5.08. The van der Waals surface area contributed by atoms with Crippen molar-refractivity contribution in [3.05, 3.63) is 60.4 Å². The highest BCUT2D eigenvalue weighted by molar-refractivity contribution is 6.85. The summed E-state index contributed by atoms with van der Waals surface area (Å²) < 4.78 is 12.9. The third kappa shape index (κ3) is 2.39. The van der Waals surface area contributed by atoms with Crippen LogP contribution < -0.4 is 10.4 Å². The van der Waals surface area contributed by atoms with Gasteiger partial charge in [-0.15, -0.1) is 0 Å². The molecule has 0 aliphatic heterocycles. The molecule has 0 spiro atoms. The van der Waals surface area contributed by atoms with Crippen LogP contribution in [0.15, 0.2) is 54.6 Å². The van der Waals surface area contributed by atoms with Crippen LogP contribution in [0.4, 0.5) is 4.39 Å². The molecule has 0 radical (unpaired) electrons. The summed E-state index contributed by atoms with van der Waals surface area (Å²) in [5.74, 6) is -0.152. The van der Waals surface area contributed by atoms with Gasteiger partial charge in [0.2, 0.25) is 0 Å². The van der Waals surface area contributed by atoms with Crippen molar-refractivity contribution in [1.82, 2.24) is 0 Å². The molecule has 16 heavy (non-hydrogen) atoms. The second-order valence-electron chi connectivity index (χ2n) is 3.92. The topological polar surface area (TPSA) is 0 Å². The Balaban J connectivity index is 2.33. The zero-order valence-electron chi connectivity index (χ0n) is 9.36. The summed E-state index contributed by atoms with van der Waals surface area (Å²) >= 11 is 0. The van der Waals surface area contributed by atoms with E-state index in [1.165, 1.54) is 10.4 Å². The molecule has 0 N–H and O–H groups in total. The van der Waals surface area contributed by atoms with Gasteiger partial charge in [0, 0.05) is 0 Å². The third-order valence-corrected chi connectivity index (χ3v) is 6.08. The van der Waals surface area contributed by atoms with Crippen LogP contribution in [0.5, 0.6) is 0 Å². The molecule has 0 aliphatic carbocycles. The van der Waals surface area contributed by atoms with Crippen LogP contribution in [0, 0.1) is 5.82 Å². The Bertz CT molecular complexity index is 436. The molecule has 2 aromatic carbocycles. The lowest BCUT2D eigenvalue weighted by Gasteiger charge is -2.13. The first-order chi connectivity index (χ1) is 7.81. The maximum Gasteiger partial charge on any atom is 0.123 e. The van der Waals surface area contributed by atoms with Gasteiger partial charge in [0.05, 0.1) is 0 Å². The van der Waals surface area contributed by atoms with Gasteiger partial charge in [-0.25, -0.2) is 4.39 Å². The van der Waals surface area contributed by atoms with Crippen LogP contribution in [-0.2, 0) is 0 Å². The fourth-order valence-corrected chi connectivity index (χ4v) is 4.72. The highest BCUT2D eigenvalue weighted by Gasteiger charge is 2.13. The summed E-state index contributed by atoms with van der Waals surface area (Å²) in [5.41, 5.74) is 0. The number of benzene rings is 2. The van der Waals surface area contributed by atoms with Crippen LogP contribution in [0.25, 0.3) is 0 Å². The van der Waals surface area contributed by atoms with E-state index in [1.807, 2.05) is 18.2 Å². The lowest BCUT2D eigenvalue weighted by Crippen LogP contribution is -2.41. The lowest BCUT2D eigenvalue weighted by molar-refractivity contribution is 0.628. The molecule has 0 fully saturated rings. The van der Waals surface area contributed by atoms with Crippen molar-refractivity contribution in [3.63, 3.8) is 0 Å². The minimum absolute atomic E-state index is 0.152. The van der Waals surface area contributed by atoms with E-state index in [1.54, 1.807) is 12.1 Å². The molecule has 0 nitrogen and oxygen atoms in total. The molecule has 2 rings (SSSR count). The first kappa shape index (κ1) is 11.1. The number of halogens is 1. The van der Waals surface area contributed by atoms with E-state index in [0.29, 0.717) is 0 Å². The summed E-state index contributed by atoms with van der Waals surface area (Å²) in [6.07, 6.45) is 0. The minimum atomic E-state index is -1.12. The quantitative estimate of drug-likeness (QED) is 0.709. The molecule has 0 aromatic heterocycles. The Kier molecular flexibility index (Phi) is 3.52. The van der Waals surface area contributed by atoms with Crippen molar-refractivity contribution in [3.8, 4) is 0 Å². The first-order valence-corrected chi connectivity index (χ1v) is 7.58. The molecular weight excluding hydrogens is 215 g/mol. The summed E-state index contributed by atoms with van der Waals surface area (Å²) in [6, 6.07) is 18.7. The molecule has 0 saturated heterocycles. The van der Waals surface area contributed by atoms with E-state index < -0.39 is 8.80 Å². The van der Waals surface area contributed by atoms with Gasteiger partial charge in [0.25, 0.3) is 0 Å². The summed E-state index contributed by atoms with van der Waals surface area (Å²) in [6.45, 7) is 2.22. The van der Waals surface area contributed by atoms with Gasteiger partial charge in [0.1, 0.15) is 14.6 Å². The van der Waals surface area contributed by atoms with Crippen molar-refractivity contribution < 1.29 is 4.39 Å². The smallest absolute Gasteiger partial charge is 0.123 e. The van der Waals surface area contributed by atoms with Gasteiger partial charge in [-0.05, 0) is 12.1 Å². The van der Waals surface area contributed by atoms with E-state index in [2.05, 4.69) is 31.2 Å². The minimum Gasteiger partial charge on any atom is -0.207 e. The zero-order chi connectivity index (χ0) is 11.4. The van der Waals surface area contributed by atoms with Crippen molar-refractivity contribution in [2.24, 2.45) is 0 Å². The highest BCUT2D eigenvalue weighted by atomic mass is 28.3. The van der Waals surface area contributed by atoms with Crippen molar-refractivity contribution >= 4 is 19.2 Å². The lowest BCUT2D eigenvalue weighted by atomic mass is 10.3. The molecule has 0 heterocycles. The fraction of sp³-hybridized carbons (Fsp3) is 0.143. The molecule has 0 saturated carbocycles. The van der Waals surface area contributed by atoms with Gasteiger partial charge in [-0.3, -0.25) is 0 Å². The van der Waals surface area contributed by atoms with Gasteiger partial charge in [-0.1, -0.05) is 65.8 Å². The largest absolute Gasteiger partial charge is 0.207 e. The molecule has 0 unspecified atom stereocenters. The van der Waals surface area contributed by atoms with Crippen molar-refractivity contribution in [2.75, 3.05) is 0 Å². The van der Waals surface area contributed by atoms with Gasteiger partial charge < -0.3 is 0 Å². The maximum atomic E-state index is 12.9. The molecule has 0 aliphatic rings. The van der Waals surface area contributed by atoms with Gasteiger partial charge >= 0.3 is 0 Å². The summed E-state index contributed by atoms with van der Waals surface area (Å²) in [4.78, 5) is 0. The first-order valence-electron chi connectivity index (χ1n) is 5.61. The normalized spacial score (nSPS) is 12.4. The average molecular weight is 230 g/mol. The van der Waals surface area contributed by atoms with Crippen LogP contribution in [-0.4, -0.2) is 8.80 Å². The highest BCUT2D eigenvalue weighted by Crippen LogP contribution is 1.99. The molecule has 82 valence electrons. The van der Waals surface area contributed by atoms with E-state index in [4.69, 9.17) is 0 Å². The molecule has 0 amide bonds. The van der Waals surface area contributed by atoms with Crippen molar-refractivity contribution in [1.29, 1.82) is 0 Å². The second-order valence-corrected chi connectivity index (χ2v) is 7.18. The standard InChI is InChI=1S/C14H15FSi/c1-2-16(13-6-4-3-5-7-13)14-10-8-12(15)9-11-14/h3-11,16H,2H2,1H3/t16-/m0/s1. The van der Waals surface area contributed by atoms with Gasteiger partial charge in [-0.2, -0.15) is 0 Å². The van der Waals surface area contributed by atoms with E-state index in [0.717, 1.165) is 6.04 Å². The van der Waals surface area contributed by atoms with Crippen LogP contribution >= 0.6 is 0 Å². The Hall–Kier alpha value is -1.41. The van der Waals surface area contributed by atoms with Crippen LogP contribution in [0.2, 0.25) is 6.04 Å². The number of hydrogen-bond acceptors (Lipinski definition) is 0.